The Morgan fingerprint density at radius 2 is 1.67 bits per heavy atom. The van der Waals surface area contributed by atoms with Crippen molar-refractivity contribution >= 4 is 39.3 Å². The quantitative estimate of drug-likeness (QED) is 0.402. The van der Waals surface area contributed by atoms with Gasteiger partial charge in [-0.25, -0.2) is 4.98 Å². The predicted octanol–water partition coefficient (Wildman–Crippen LogP) is 3.70. The maximum atomic E-state index is 13.3. The third-order valence-corrected chi connectivity index (χ3v) is 6.75. The van der Waals surface area contributed by atoms with Crippen LogP contribution in [0.15, 0.2) is 77.6 Å². The van der Waals surface area contributed by atoms with E-state index in [1.807, 2.05) is 42.5 Å². The van der Waals surface area contributed by atoms with Crippen LogP contribution in [0.1, 0.15) is 22.3 Å². The summed E-state index contributed by atoms with van der Waals surface area (Å²) in [6, 6.07) is 22.0. The van der Waals surface area contributed by atoms with Crippen molar-refractivity contribution < 1.29 is 9.59 Å². The van der Waals surface area contributed by atoms with Crippen LogP contribution < -0.4 is 16.6 Å². The van der Waals surface area contributed by atoms with Gasteiger partial charge in [0.2, 0.25) is 11.8 Å². The second kappa shape index (κ2) is 8.49. The number of carbonyl (C=O) groups excluding carboxylic acids is 2. The van der Waals surface area contributed by atoms with Gasteiger partial charge in [-0.2, -0.15) is 0 Å². The van der Waals surface area contributed by atoms with Crippen LogP contribution in [0, 0.1) is 0 Å². The number of aromatic nitrogens is 3. The Labute approximate surface area is 206 Å². The molecule has 3 aromatic carbocycles. The lowest BCUT2D eigenvalue weighted by Gasteiger charge is -2.21. The number of para-hydroxylation sites is 2. The fourth-order valence-corrected chi connectivity index (χ4v) is 5.05. The average Bonchev–Trinajstić information content (AvgIpc) is 3.22. The van der Waals surface area contributed by atoms with Crippen LogP contribution in [0.3, 0.4) is 0 Å². The second-order valence-electron chi connectivity index (χ2n) is 8.90. The van der Waals surface area contributed by atoms with Crippen molar-refractivity contribution in [2.24, 2.45) is 5.73 Å². The van der Waals surface area contributed by atoms with E-state index in [0.717, 1.165) is 22.2 Å². The van der Waals surface area contributed by atoms with Gasteiger partial charge >= 0.3 is 0 Å². The summed E-state index contributed by atoms with van der Waals surface area (Å²) in [7, 11) is 0. The number of aryl methyl sites for hydroxylation is 2. The predicted molar refractivity (Wildman–Crippen MR) is 139 cm³/mol. The lowest BCUT2D eigenvalue weighted by atomic mass is 10.0. The molecule has 5 aromatic rings. The number of anilines is 1. The van der Waals surface area contributed by atoms with E-state index in [1.165, 1.54) is 0 Å². The SMILES string of the molecule is NC(=O)c1ccc(NC(=O)CCn2c3c(c4ccccc42)CCn2c-3nc3ccccc3c2=O)cc1. The summed E-state index contributed by atoms with van der Waals surface area (Å²) in [5, 5.41) is 4.60. The van der Waals surface area contributed by atoms with Gasteiger partial charge in [-0.1, -0.05) is 30.3 Å². The molecule has 2 aromatic heterocycles. The highest BCUT2D eigenvalue weighted by Crippen LogP contribution is 2.36. The third kappa shape index (κ3) is 3.54. The first-order chi connectivity index (χ1) is 17.5. The minimum absolute atomic E-state index is 0.0461. The Morgan fingerprint density at radius 3 is 2.44 bits per heavy atom. The zero-order valence-corrected chi connectivity index (χ0v) is 19.4. The minimum atomic E-state index is -0.516. The minimum Gasteiger partial charge on any atom is -0.366 e. The normalized spacial score (nSPS) is 12.3. The van der Waals surface area contributed by atoms with E-state index >= 15 is 0 Å². The standard InChI is InChI=1S/C28H23N5O3/c29-26(35)17-9-11-18(12-10-17)30-24(34)14-16-32-23-8-4-2-5-19(23)20-13-15-33-27(25(20)32)31-22-7-3-1-6-21(22)28(33)36/h1-12H,13-16H2,(H2,29,35)(H,30,34). The molecule has 178 valence electrons. The molecule has 36 heavy (non-hydrogen) atoms. The van der Waals surface area contributed by atoms with Crippen molar-refractivity contribution in [1.82, 2.24) is 14.1 Å². The van der Waals surface area contributed by atoms with Crippen LogP contribution in [-0.2, 0) is 24.3 Å². The molecule has 0 radical (unpaired) electrons. The Balaban J connectivity index is 1.37. The Bertz CT molecular complexity index is 1730. The highest BCUT2D eigenvalue weighted by molar-refractivity contribution is 5.95. The summed E-state index contributed by atoms with van der Waals surface area (Å²) in [6.07, 6.45) is 0.939. The molecule has 3 heterocycles. The highest BCUT2D eigenvalue weighted by atomic mass is 16.2. The third-order valence-electron chi connectivity index (χ3n) is 6.75. The number of nitrogens with zero attached hydrogens (tertiary/aromatic N) is 3. The number of hydrogen-bond donors (Lipinski definition) is 2. The van der Waals surface area contributed by atoms with E-state index in [2.05, 4.69) is 16.0 Å². The summed E-state index contributed by atoms with van der Waals surface area (Å²) in [5.41, 5.74) is 9.93. The molecule has 0 aliphatic carbocycles. The molecule has 6 rings (SSSR count). The van der Waals surface area contributed by atoms with E-state index in [0.29, 0.717) is 47.5 Å². The number of nitrogens with one attached hydrogen (secondary N) is 1. The molecular formula is C28H23N5O3. The number of benzene rings is 3. The van der Waals surface area contributed by atoms with Crippen molar-refractivity contribution in [1.29, 1.82) is 0 Å². The molecule has 0 fully saturated rings. The number of rotatable bonds is 5. The molecule has 1 aliphatic heterocycles. The van der Waals surface area contributed by atoms with Crippen molar-refractivity contribution in [3.05, 3.63) is 94.3 Å². The molecule has 3 N–H and O–H groups in total. The maximum Gasteiger partial charge on any atom is 0.261 e. The summed E-state index contributed by atoms with van der Waals surface area (Å²) in [5.74, 6) is -0.0375. The number of amides is 2. The molecule has 0 bridgehead atoms. The van der Waals surface area contributed by atoms with E-state index < -0.39 is 5.91 Å². The van der Waals surface area contributed by atoms with Gasteiger partial charge < -0.3 is 15.6 Å². The topological polar surface area (TPSA) is 112 Å². The fraction of sp³-hybridized carbons (Fsp3) is 0.143. The fourth-order valence-electron chi connectivity index (χ4n) is 5.05. The monoisotopic (exact) mass is 477 g/mol. The zero-order chi connectivity index (χ0) is 24.8. The van der Waals surface area contributed by atoms with E-state index in [1.54, 1.807) is 28.8 Å². The van der Waals surface area contributed by atoms with Crippen molar-refractivity contribution in [2.45, 2.75) is 25.9 Å². The summed E-state index contributed by atoms with van der Waals surface area (Å²) < 4.78 is 3.85. The summed E-state index contributed by atoms with van der Waals surface area (Å²) in [4.78, 5) is 42.3. The number of nitrogens with two attached hydrogens (primary N) is 1. The average molecular weight is 478 g/mol. The lowest BCUT2D eigenvalue weighted by molar-refractivity contribution is -0.116. The van der Waals surface area contributed by atoms with Crippen LogP contribution >= 0.6 is 0 Å². The van der Waals surface area contributed by atoms with Gasteiger partial charge in [-0.3, -0.25) is 19.0 Å². The molecule has 0 atom stereocenters. The van der Waals surface area contributed by atoms with Crippen molar-refractivity contribution in [2.75, 3.05) is 5.32 Å². The highest BCUT2D eigenvalue weighted by Gasteiger charge is 2.27. The Morgan fingerprint density at radius 1 is 0.944 bits per heavy atom. The molecule has 8 nitrogen and oxygen atoms in total. The van der Waals surface area contributed by atoms with Gasteiger partial charge in [0, 0.05) is 41.7 Å². The van der Waals surface area contributed by atoms with Crippen molar-refractivity contribution in [3.8, 4) is 11.5 Å². The molecule has 8 heteroatoms. The first-order valence-electron chi connectivity index (χ1n) is 11.8. The van der Waals surface area contributed by atoms with E-state index in [-0.39, 0.29) is 17.9 Å². The molecule has 0 unspecified atom stereocenters. The van der Waals surface area contributed by atoms with Crippen LogP contribution in [0.5, 0.6) is 0 Å². The first kappa shape index (κ1) is 21.8. The molecule has 0 spiro atoms. The lowest BCUT2D eigenvalue weighted by Crippen LogP contribution is -2.28. The van der Waals surface area contributed by atoms with Crippen molar-refractivity contribution in [3.63, 3.8) is 0 Å². The van der Waals surface area contributed by atoms with Gasteiger partial charge in [-0.15, -0.1) is 0 Å². The van der Waals surface area contributed by atoms with E-state index in [9.17, 15) is 14.4 Å². The van der Waals surface area contributed by atoms with Crippen LogP contribution in [0.25, 0.3) is 33.3 Å². The second-order valence-corrected chi connectivity index (χ2v) is 8.90. The summed E-state index contributed by atoms with van der Waals surface area (Å²) in [6.45, 7) is 0.985. The molecular weight excluding hydrogens is 454 g/mol. The summed E-state index contributed by atoms with van der Waals surface area (Å²) >= 11 is 0. The zero-order valence-electron chi connectivity index (χ0n) is 19.4. The largest absolute Gasteiger partial charge is 0.366 e. The van der Waals surface area contributed by atoms with Crippen LogP contribution in [0.4, 0.5) is 5.69 Å². The molecule has 1 aliphatic rings. The molecule has 0 saturated carbocycles. The number of hydrogen-bond acceptors (Lipinski definition) is 4. The Kier molecular flexibility index (Phi) is 5.14. The molecule has 2 amide bonds. The first-order valence-corrected chi connectivity index (χ1v) is 11.8. The van der Waals surface area contributed by atoms with Gasteiger partial charge in [0.25, 0.3) is 5.56 Å². The smallest absolute Gasteiger partial charge is 0.261 e. The number of fused-ring (bicyclic) bond motifs is 6. The number of carbonyl (C=O) groups is 2. The van der Waals surface area contributed by atoms with Gasteiger partial charge in [0.1, 0.15) is 0 Å². The Hall–Kier alpha value is -4.72. The van der Waals surface area contributed by atoms with Crippen LogP contribution in [0.2, 0.25) is 0 Å². The van der Waals surface area contributed by atoms with E-state index in [4.69, 9.17) is 10.7 Å². The number of primary amides is 1. The maximum absolute atomic E-state index is 13.3. The van der Waals surface area contributed by atoms with Gasteiger partial charge in [-0.05, 0) is 54.4 Å². The van der Waals surface area contributed by atoms with Crippen LogP contribution in [-0.4, -0.2) is 25.9 Å². The van der Waals surface area contributed by atoms with Gasteiger partial charge in [0.05, 0.1) is 16.6 Å². The van der Waals surface area contributed by atoms with Gasteiger partial charge in [0.15, 0.2) is 5.82 Å². The molecule has 0 saturated heterocycles.